The summed E-state index contributed by atoms with van der Waals surface area (Å²) in [4.78, 5) is 22.9. The van der Waals surface area contributed by atoms with E-state index in [2.05, 4.69) is 10.1 Å². The summed E-state index contributed by atoms with van der Waals surface area (Å²) >= 11 is 7.94. The summed E-state index contributed by atoms with van der Waals surface area (Å²) in [6, 6.07) is 15.3. The number of carbonyl (C=O) groups excluding carboxylic acids is 1. The first-order valence-corrected chi connectivity index (χ1v) is 12.5. The van der Waals surface area contributed by atoms with Crippen LogP contribution in [0.5, 0.6) is 0 Å². The number of benzene rings is 2. The van der Waals surface area contributed by atoms with Gasteiger partial charge in [0.15, 0.2) is 5.13 Å². The highest BCUT2D eigenvalue weighted by Crippen LogP contribution is 2.34. The Morgan fingerprint density at radius 2 is 1.91 bits per heavy atom. The molecule has 4 aromatic rings. The van der Waals surface area contributed by atoms with Crippen molar-refractivity contribution in [1.29, 1.82) is 0 Å². The molecular formula is C25H25ClN4O3S. The minimum atomic E-state index is -0.185. The molecule has 1 aliphatic rings. The third-order valence-electron chi connectivity index (χ3n) is 5.92. The van der Waals surface area contributed by atoms with Gasteiger partial charge in [-0.2, -0.15) is 0 Å². The highest BCUT2D eigenvalue weighted by atomic mass is 35.5. The number of halogens is 1. The van der Waals surface area contributed by atoms with Crippen LogP contribution in [0.25, 0.3) is 21.5 Å². The van der Waals surface area contributed by atoms with Crippen LogP contribution in [0.2, 0.25) is 5.02 Å². The topological polar surface area (TPSA) is 71.7 Å². The predicted octanol–water partition coefficient (Wildman–Crippen LogP) is 5.28. The Hall–Kier alpha value is -2.78. The molecule has 0 aliphatic carbocycles. The number of amides is 1. The second-order valence-corrected chi connectivity index (χ2v) is 9.59. The van der Waals surface area contributed by atoms with E-state index in [1.807, 2.05) is 42.5 Å². The Morgan fingerprint density at radius 3 is 2.71 bits per heavy atom. The van der Waals surface area contributed by atoms with Crippen molar-refractivity contribution in [3.8, 4) is 11.3 Å². The SMILES string of the molecule is Cc1onc(-c2ccccc2Cl)c1C(=O)N(CCCN1CCOCC1)c1nc2ccccc2s1. The minimum Gasteiger partial charge on any atom is -0.379 e. The number of hydrogen-bond acceptors (Lipinski definition) is 7. The van der Waals surface area contributed by atoms with Crippen molar-refractivity contribution in [1.82, 2.24) is 15.0 Å². The lowest BCUT2D eigenvalue weighted by Gasteiger charge is -2.27. The first kappa shape index (κ1) is 23.0. The van der Waals surface area contributed by atoms with Crippen LogP contribution in [0.4, 0.5) is 5.13 Å². The molecule has 1 saturated heterocycles. The van der Waals surface area contributed by atoms with Crippen molar-refractivity contribution in [2.45, 2.75) is 13.3 Å². The Bertz CT molecular complexity index is 1270. The maximum Gasteiger partial charge on any atom is 0.265 e. The van der Waals surface area contributed by atoms with Crippen LogP contribution in [0, 0.1) is 6.92 Å². The molecule has 9 heteroatoms. The molecule has 5 rings (SSSR count). The number of carbonyl (C=O) groups is 1. The molecular weight excluding hydrogens is 472 g/mol. The average Bonchev–Trinajstić information content (AvgIpc) is 3.46. The van der Waals surface area contributed by atoms with Crippen LogP contribution in [-0.2, 0) is 4.74 Å². The average molecular weight is 497 g/mol. The number of ether oxygens (including phenoxy) is 1. The molecule has 2 aromatic carbocycles. The number of morpholine rings is 1. The summed E-state index contributed by atoms with van der Waals surface area (Å²) in [5, 5.41) is 5.38. The number of aryl methyl sites for hydroxylation is 1. The zero-order valence-electron chi connectivity index (χ0n) is 18.9. The molecule has 0 unspecified atom stereocenters. The van der Waals surface area contributed by atoms with E-state index < -0.39 is 0 Å². The Balaban J connectivity index is 1.48. The third-order valence-corrected chi connectivity index (χ3v) is 7.31. The van der Waals surface area contributed by atoms with Crippen molar-refractivity contribution in [2.24, 2.45) is 0 Å². The fourth-order valence-corrected chi connectivity index (χ4v) is 5.35. The molecule has 176 valence electrons. The van der Waals surface area contributed by atoms with Gasteiger partial charge in [-0.1, -0.05) is 58.4 Å². The maximum absolute atomic E-state index is 14.0. The van der Waals surface area contributed by atoms with Gasteiger partial charge in [-0.15, -0.1) is 0 Å². The first-order chi connectivity index (χ1) is 16.6. The van der Waals surface area contributed by atoms with Crippen molar-refractivity contribution < 1.29 is 14.1 Å². The molecule has 34 heavy (non-hydrogen) atoms. The zero-order chi connectivity index (χ0) is 23.5. The van der Waals surface area contributed by atoms with Crippen molar-refractivity contribution in [3.63, 3.8) is 0 Å². The third kappa shape index (κ3) is 4.72. The molecule has 3 heterocycles. The van der Waals surface area contributed by atoms with E-state index in [0.29, 0.717) is 39.3 Å². The lowest BCUT2D eigenvalue weighted by atomic mass is 10.1. The summed E-state index contributed by atoms with van der Waals surface area (Å²) in [5.41, 5.74) is 2.41. The van der Waals surface area contributed by atoms with E-state index in [1.165, 1.54) is 11.3 Å². The molecule has 0 atom stereocenters. The number of rotatable bonds is 7. The van der Waals surface area contributed by atoms with Gasteiger partial charge in [-0.25, -0.2) is 4.98 Å². The van der Waals surface area contributed by atoms with Gasteiger partial charge in [0.05, 0.1) is 28.5 Å². The van der Waals surface area contributed by atoms with Crippen molar-refractivity contribution >= 4 is 44.2 Å². The zero-order valence-corrected chi connectivity index (χ0v) is 20.4. The number of para-hydroxylation sites is 1. The predicted molar refractivity (Wildman–Crippen MR) is 135 cm³/mol. The summed E-state index contributed by atoms with van der Waals surface area (Å²) < 4.78 is 12.0. The number of thiazole rings is 1. The summed E-state index contributed by atoms with van der Waals surface area (Å²) in [5.74, 6) is 0.272. The molecule has 7 nitrogen and oxygen atoms in total. The normalized spacial score (nSPS) is 14.5. The van der Waals surface area contributed by atoms with E-state index in [9.17, 15) is 4.79 Å². The molecule has 0 bridgehead atoms. The fraction of sp³-hybridized carbons (Fsp3) is 0.320. The Labute approximate surface area is 206 Å². The molecule has 0 radical (unpaired) electrons. The van der Waals surface area contributed by atoms with Gasteiger partial charge in [-0.05, 0) is 31.5 Å². The van der Waals surface area contributed by atoms with Crippen LogP contribution in [-0.4, -0.2) is 60.3 Å². The van der Waals surface area contributed by atoms with Crippen LogP contribution in [0.3, 0.4) is 0 Å². The minimum absolute atomic E-state index is 0.185. The van der Waals surface area contributed by atoms with Gasteiger partial charge >= 0.3 is 0 Å². The summed E-state index contributed by atoms with van der Waals surface area (Å²) in [6.07, 6.45) is 0.813. The molecule has 2 aromatic heterocycles. The highest BCUT2D eigenvalue weighted by Gasteiger charge is 2.29. The maximum atomic E-state index is 14.0. The summed E-state index contributed by atoms with van der Waals surface area (Å²) in [7, 11) is 0. The Morgan fingerprint density at radius 1 is 1.15 bits per heavy atom. The van der Waals surface area contributed by atoms with E-state index in [4.69, 9.17) is 25.8 Å². The van der Waals surface area contributed by atoms with Crippen LogP contribution < -0.4 is 4.90 Å². The van der Waals surface area contributed by atoms with Crippen molar-refractivity contribution in [3.05, 3.63) is 64.9 Å². The molecule has 0 N–H and O–H groups in total. The molecule has 1 aliphatic heterocycles. The molecule has 0 saturated carbocycles. The summed E-state index contributed by atoms with van der Waals surface area (Å²) in [6.45, 7) is 6.50. The van der Waals surface area contributed by atoms with Gasteiger partial charge in [0.25, 0.3) is 5.91 Å². The fourth-order valence-electron chi connectivity index (χ4n) is 4.13. The monoisotopic (exact) mass is 496 g/mol. The Kier molecular flexibility index (Phi) is 6.92. The van der Waals surface area contributed by atoms with E-state index >= 15 is 0 Å². The number of hydrogen-bond donors (Lipinski definition) is 0. The number of anilines is 1. The van der Waals surface area contributed by atoms with Crippen LogP contribution in [0.15, 0.2) is 53.1 Å². The van der Waals surface area contributed by atoms with Crippen LogP contribution in [0.1, 0.15) is 22.5 Å². The highest BCUT2D eigenvalue weighted by molar-refractivity contribution is 7.22. The van der Waals surface area contributed by atoms with Crippen molar-refractivity contribution in [2.75, 3.05) is 44.3 Å². The second kappa shape index (κ2) is 10.2. The number of fused-ring (bicyclic) bond motifs is 1. The molecule has 1 fully saturated rings. The van der Waals surface area contributed by atoms with Crippen LogP contribution >= 0.6 is 22.9 Å². The largest absolute Gasteiger partial charge is 0.379 e. The smallest absolute Gasteiger partial charge is 0.265 e. The molecule has 1 amide bonds. The van der Waals surface area contributed by atoms with Gasteiger partial charge in [0.1, 0.15) is 17.0 Å². The van der Waals surface area contributed by atoms with E-state index in [0.717, 1.165) is 49.5 Å². The van der Waals surface area contributed by atoms with Gasteiger partial charge in [0, 0.05) is 31.7 Å². The first-order valence-electron chi connectivity index (χ1n) is 11.3. The van der Waals surface area contributed by atoms with E-state index in [1.54, 1.807) is 17.9 Å². The van der Waals surface area contributed by atoms with E-state index in [-0.39, 0.29) is 5.91 Å². The van der Waals surface area contributed by atoms with Gasteiger partial charge < -0.3 is 9.26 Å². The lowest BCUT2D eigenvalue weighted by Crippen LogP contribution is -2.39. The quantitative estimate of drug-likeness (QED) is 0.346. The lowest BCUT2D eigenvalue weighted by molar-refractivity contribution is 0.0376. The number of nitrogens with zero attached hydrogens (tertiary/aromatic N) is 4. The van der Waals surface area contributed by atoms with Gasteiger partial charge in [-0.3, -0.25) is 14.6 Å². The molecule has 0 spiro atoms. The van der Waals surface area contributed by atoms with Gasteiger partial charge in [0.2, 0.25) is 0 Å². The standard InChI is InChI=1S/C25H25ClN4O3S/c1-17-22(23(28-33-17)18-7-2-3-8-19(18)26)24(31)30(12-6-11-29-13-15-32-16-14-29)25-27-20-9-4-5-10-21(20)34-25/h2-5,7-10H,6,11-16H2,1H3. The number of aromatic nitrogens is 2. The second-order valence-electron chi connectivity index (χ2n) is 8.17.